The molecule has 1 fully saturated rings. The third-order valence-electron chi connectivity index (χ3n) is 2.77. The molecule has 2 unspecified atom stereocenters. The van der Waals surface area contributed by atoms with E-state index in [9.17, 15) is 9.59 Å². The third kappa shape index (κ3) is 3.48. The van der Waals surface area contributed by atoms with E-state index in [0.717, 1.165) is 0 Å². The average Bonchev–Trinajstić information content (AvgIpc) is 2.15. The monoisotopic (exact) mass is 228 g/mol. The van der Waals surface area contributed by atoms with Crippen molar-refractivity contribution < 1.29 is 14.7 Å². The van der Waals surface area contributed by atoms with Gasteiger partial charge >= 0.3 is 5.97 Å². The van der Waals surface area contributed by atoms with E-state index in [2.05, 4.69) is 0 Å². The highest BCUT2D eigenvalue weighted by Gasteiger charge is 2.32. The first kappa shape index (κ1) is 13.0. The van der Waals surface area contributed by atoms with Crippen LogP contribution in [0.15, 0.2) is 0 Å². The zero-order chi connectivity index (χ0) is 12.3. The molecule has 92 valence electrons. The summed E-state index contributed by atoms with van der Waals surface area (Å²) < 4.78 is 0. The Morgan fingerprint density at radius 3 is 2.56 bits per heavy atom. The number of likely N-dealkylation sites (tertiary alicyclic amines) is 1. The lowest BCUT2D eigenvalue weighted by Gasteiger charge is -2.34. The summed E-state index contributed by atoms with van der Waals surface area (Å²) >= 11 is 0. The Morgan fingerprint density at radius 1 is 1.44 bits per heavy atom. The molecule has 5 nitrogen and oxygen atoms in total. The van der Waals surface area contributed by atoms with Crippen LogP contribution in [0.2, 0.25) is 0 Å². The second-order valence-corrected chi connectivity index (χ2v) is 4.93. The van der Waals surface area contributed by atoms with Crippen LogP contribution in [0.5, 0.6) is 0 Å². The molecule has 5 heteroatoms. The number of amides is 1. The van der Waals surface area contributed by atoms with Crippen molar-refractivity contribution in [1.29, 1.82) is 0 Å². The lowest BCUT2D eigenvalue weighted by molar-refractivity contribution is -0.146. The topological polar surface area (TPSA) is 83.6 Å². The standard InChI is InChI=1S/C11H20N2O3/c1-7(2)3-10(14)13-5-8(11(15)16)4-9(12)6-13/h7-9H,3-6,12H2,1-2H3,(H,15,16). The van der Waals surface area contributed by atoms with Crippen LogP contribution in [0.4, 0.5) is 0 Å². The molecular weight excluding hydrogens is 208 g/mol. The van der Waals surface area contributed by atoms with E-state index in [4.69, 9.17) is 10.8 Å². The summed E-state index contributed by atoms with van der Waals surface area (Å²) in [5.41, 5.74) is 5.76. The van der Waals surface area contributed by atoms with Gasteiger partial charge in [0.15, 0.2) is 0 Å². The fourth-order valence-electron chi connectivity index (χ4n) is 2.00. The van der Waals surface area contributed by atoms with E-state index in [-0.39, 0.29) is 17.9 Å². The van der Waals surface area contributed by atoms with Gasteiger partial charge in [0.2, 0.25) is 5.91 Å². The fraction of sp³-hybridized carbons (Fsp3) is 0.818. The Morgan fingerprint density at radius 2 is 2.06 bits per heavy atom. The molecule has 0 aromatic carbocycles. The van der Waals surface area contributed by atoms with E-state index in [1.807, 2.05) is 13.8 Å². The lowest BCUT2D eigenvalue weighted by Crippen LogP contribution is -2.51. The number of aliphatic carboxylic acids is 1. The van der Waals surface area contributed by atoms with Gasteiger partial charge < -0.3 is 15.7 Å². The van der Waals surface area contributed by atoms with Crippen LogP contribution in [0.25, 0.3) is 0 Å². The van der Waals surface area contributed by atoms with Crippen molar-refractivity contribution in [3.63, 3.8) is 0 Å². The molecule has 0 aliphatic carbocycles. The second-order valence-electron chi connectivity index (χ2n) is 4.93. The summed E-state index contributed by atoms with van der Waals surface area (Å²) in [6.45, 7) is 4.72. The van der Waals surface area contributed by atoms with Gasteiger partial charge in [-0.15, -0.1) is 0 Å². The zero-order valence-corrected chi connectivity index (χ0v) is 9.85. The number of rotatable bonds is 3. The molecule has 0 bridgehead atoms. The van der Waals surface area contributed by atoms with Gasteiger partial charge in [-0.2, -0.15) is 0 Å². The predicted molar refractivity (Wildman–Crippen MR) is 59.8 cm³/mol. The normalized spacial score (nSPS) is 25.9. The highest BCUT2D eigenvalue weighted by Crippen LogP contribution is 2.17. The van der Waals surface area contributed by atoms with Gasteiger partial charge in [-0.05, 0) is 12.3 Å². The largest absolute Gasteiger partial charge is 0.481 e. The van der Waals surface area contributed by atoms with Crippen LogP contribution >= 0.6 is 0 Å². The Kier molecular flexibility index (Phi) is 4.29. The first-order valence-corrected chi connectivity index (χ1v) is 5.66. The molecule has 1 aliphatic heterocycles. The van der Waals surface area contributed by atoms with Crippen LogP contribution in [-0.4, -0.2) is 41.0 Å². The van der Waals surface area contributed by atoms with Gasteiger partial charge in [0.1, 0.15) is 0 Å². The molecule has 1 rings (SSSR count). The molecule has 0 radical (unpaired) electrons. The van der Waals surface area contributed by atoms with Crippen molar-refractivity contribution in [3.8, 4) is 0 Å². The van der Waals surface area contributed by atoms with Crippen LogP contribution in [0.3, 0.4) is 0 Å². The first-order valence-electron chi connectivity index (χ1n) is 5.66. The summed E-state index contributed by atoms with van der Waals surface area (Å²) in [4.78, 5) is 24.3. The van der Waals surface area contributed by atoms with Crippen molar-refractivity contribution in [3.05, 3.63) is 0 Å². The number of piperidine rings is 1. The van der Waals surface area contributed by atoms with Crippen molar-refractivity contribution in [1.82, 2.24) is 4.90 Å². The van der Waals surface area contributed by atoms with E-state index in [0.29, 0.717) is 25.9 Å². The van der Waals surface area contributed by atoms with Crippen molar-refractivity contribution in [2.45, 2.75) is 32.7 Å². The maximum absolute atomic E-state index is 11.8. The number of hydrogen-bond acceptors (Lipinski definition) is 3. The molecule has 1 saturated heterocycles. The lowest BCUT2D eigenvalue weighted by atomic mass is 9.94. The van der Waals surface area contributed by atoms with E-state index in [1.54, 1.807) is 4.90 Å². The minimum Gasteiger partial charge on any atom is -0.481 e. The maximum Gasteiger partial charge on any atom is 0.308 e. The Labute approximate surface area is 95.6 Å². The molecule has 1 aliphatic rings. The summed E-state index contributed by atoms with van der Waals surface area (Å²) in [6.07, 6.45) is 0.917. The molecular formula is C11H20N2O3. The highest BCUT2D eigenvalue weighted by molar-refractivity contribution is 5.78. The number of nitrogens with two attached hydrogens (primary N) is 1. The summed E-state index contributed by atoms with van der Waals surface area (Å²) in [7, 11) is 0. The molecule has 3 N–H and O–H groups in total. The van der Waals surface area contributed by atoms with Gasteiger partial charge in [-0.3, -0.25) is 9.59 Å². The van der Waals surface area contributed by atoms with E-state index in [1.165, 1.54) is 0 Å². The molecule has 0 aromatic heterocycles. The number of carboxylic acid groups (broad SMARTS) is 1. The summed E-state index contributed by atoms with van der Waals surface area (Å²) in [5, 5.41) is 8.94. The zero-order valence-electron chi connectivity index (χ0n) is 9.85. The summed E-state index contributed by atoms with van der Waals surface area (Å²) in [6, 6.07) is -0.217. The predicted octanol–water partition coefficient (Wildman–Crippen LogP) is 0.293. The second kappa shape index (κ2) is 5.30. The average molecular weight is 228 g/mol. The molecule has 2 atom stereocenters. The van der Waals surface area contributed by atoms with E-state index >= 15 is 0 Å². The number of nitrogens with zero attached hydrogens (tertiary/aromatic N) is 1. The van der Waals surface area contributed by atoms with Crippen LogP contribution < -0.4 is 5.73 Å². The Balaban J connectivity index is 2.59. The number of carboxylic acids is 1. The number of carbonyl (C=O) groups is 2. The number of carbonyl (C=O) groups excluding carboxylic acids is 1. The SMILES string of the molecule is CC(C)CC(=O)N1CC(N)CC(C(=O)O)C1. The molecule has 0 aromatic rings. The maximum atomic E-state index is 11.8. The number of hydrogen-bond donors (Lipinski definition) is 2. The first-order chi connectivity index (χ1) is 7.40. The fourth-order valence-corrected chi connectivity index (χ4v) is 2.00. The van der Waals surface area contributed by atoms with Gasteiger partial charge in [0, 0.05) is 25.6 Å². The Hall–Kier alpha value is -1.10. The Bertz CT molecular complexity index is 278. The van der Waals surface area contributed by atoms with E-state index < -0.39 is 11.9 Å². The van der Waals surface area contributed by atoms with Gasteiger partial charge in [0.05, 0.1) is 5.92 Å². The molecule has 16 heavy (non-hydrogen) atoms. The quantitative estimate of drug-likeness (QED) is 0.727. The minimum absolute atomic E-state index is 0.0106. The van der Waals surface area contributed by atoms with Crippen LogP contribution in [0, 0.1) is 11.8 Å². The van der Waals surface area contributed by atoms with Crippen molar-refractivity contribution >= 4 is 11.9 Å². The minimum atomic E-state index is -0.863. The summed E-state index contributed by atoms with van der Waals surface area (Å²) in [5.74, 6) is -1.08. The molecule has 1 amide bonds. The van der Waals surface area contributed by atoms with Gasteiger partial charge in [-0.1, -0.05) is 13.8 Å². The smallest absolute Gasteiger partial charge is 0.308 e. The third-order valence-corrected chi connectivity index (χ3v) is 2.77. The van der Waals surface area contributed by atoms with Crippen LogP contribution in [0.1, 0.15) is 26.7 Å². The molecule has 0 saturated carbocycles. The van der Waals surface area contributed by atoms with Gasteiger partial charge in [-0.25, -0.2) is 0 Å². The van der Waals surface area contributed by atoms with Crippen molar-refractivity contribution in [2.24, 2.45) is 17.6 Å². The van der Waals surface area contributed by atoms with Crippen LogP contribution in [-0.2, 0) is 9.59 Å². The highest BCUT2D eigenvalue weighted by atomic mass is 16.4. The molecule has 0 spiro atoms. The van der Waals surface area contributed by atoms with Gasteiger partial charge in [0.25, 0.3) is 0 Å². The molecule has 1 heterocycles. The van der Waals surface area contributed by atoms with Crippen molar-refractivity contribution in [2.75, 3.05) is 13.1 Å².